The summed E-state index contributed by atoms with van der Waals surface area (Å²) in [5, 5.41) is 0. The van der Waals surface area contributed by atoms with Gasteiger partial charge in [-0.3, -0.25) is 0 Å². The molecule has 102 valence electrons. The van der Waals surface area contributed by atoms with Crippen LogP contribution in [0.2, 0.25) is 0 Å². The van der Waals surface area contributed by atoms with Crippen molar-refractivity contribution in [2.24, 2.45) is 5.73 Å². The number of rotatable bonds is 7. The highest BCUT2D eigenvalue weighted by molar-refractivity contribution is 5.26. The molecule has 1 rings (SSSR count). The van der Waals surface area contributed by atoms with E-state index in [1.165, 1.54) is 0 Å². The molecule has 0 saturated heterocycles. The lowest BCUT2D eigenvalue weighted by Crippen LogP contribution is -2.14. The zero-order valence-electron chi connectivity index (χ0n) is 9.87. The van der Waals surface area contributed by atoms with Gasteiger partial charge in [-0.25, -0.2) is 0 Å². The minimum Gasteiger partial charge on any atom is -0.491 e. The van der Waals surface area contributed by atoms with Crippen LogP contribution in [0.25, 0.3) is 0 Å². The summed E-state index contributed by atoms with van der Waals surface area (Å²) >= 11 is 0. The molecule has 0 aliphatic rings. The zero-order valence-corrected chi connectivity index (χ0v) is 9.87. The maximum Gasteiger partial charge on any atom is 0.391 e. The van der Waals surface area contributed by atoms with Crippen molar-refractivity contribution < 1.29 is 22.6 Å². The Labute approximate surface area is 104 Å². The molecular formula is C12H16F3NO2. The van der Waals surface area contributed by atoms with E-state index in [9.17, 15) is 13.2 Å². The fourth-order valence-corrected chi connectivity index (χ4v) is 1.23. The topological polar surface area (TPSA) is 44.5 Å². The van der Waals surface area contributed by atoms with Crippen molar-refractivity contribution in [3.63, 3.8) is 0 Å². The Kier molecular flexibility index (Phi) is 5.94. The van der Waals surface area contributed by atoms with Crippen LogP contribution in [0.3, 0.4) is 0 Å². The molecule has 1 aromatic carbocycles. The minimum atomic E-state index is -4.17. The monoisotopic (exact) mass is 263 g/mol. The van der Waals surface area contributed by atoms with E-state index in [2.05, 4.69) is 0 Å². The van der Waals surface area contributed by atoms with Crippen molar-refractivity contribution in [1.82, 2.24) is 0 Å². The van der Waals surface area contributed by atoms with Crippen molar-refractivity contribution >= 4 is 0 Å². The van der Waals surface area contributed by atoms with E-state index in [0.717, 1.165) is 5.56 Å². The first-order chi connectivity index (χ1) is 8.51. The average Bonchev–Trinajstić information content (AvgIpc) is 2.33. The first-order valence-corrected chi connectivity index (χ1v) is 5.57. The number of ether oxygens (including phenoxy) is 2. The maximum atomic E-state index is 11.8. The van der Waals surface area contributed by atoms with E-state index in [1.54, 1.807) is 12.1 Å². The molecular weight excluding hydrogens is 247 g/mol. The molecule has 6 heteroatoms. The molecule has 0 saturated carbocycles. The quantitative estimate of drug-likeness (QED) is 0.769. The minimum absolute atomic E-state index is 0.134. The standard InChI is InChI=1S/C12H16F3NO2/c13-12(14,15)5-6-17-7-8-18-11-3-1-10(9-16)2-4-11/h1-4H,5-9,16H2. The molecule has 18 heavy (non-hydrogen) atoms. The van der Waals surface area contributed by atoms with Gasteiger partial charge in [0.05, 0.1) is 19.6 Å². The van der Waals surface area contributed by atoms with Crippen molar-refractivity contribution in [3.8, 4) is 5.75 Å². The predicted molar refractivity (Wildman–Crippen MR) is 61.3 cm³/mol. The van der Waals surface area contributed by atoms with Crippen LogP contribution in [0, 0.1) is 0 Å². The number of alkyl halides is 3. The molecule has 0 radical (unpaired) electrons. The lowest BCUT2D eigenvalue weighted by atomic mass is 10.2. The Hall–Kier alpha value is -1.27. The molecule has 0 aromatic heterocycles. The molecule has 0 unspecified atom stereocenters. The SMILES string of the molecule is NCc1ccc(OCCOCCC(F)(F)F)cc1. The molecule has 0 bridgehead atoms. The van der Waals surface area contributed by atoms with Gasteiger partial charge in [0, 0.05) is 6.54 Å². The van der Waals surface area contributed by atoms with Gasteiger partial charge in [0.25, 0.3) is 0 Å². The summed E-state index contributed by atoms with van der Waals surface area (Å²) in [5.41, 5.74) is 6.43. The van der Waals surface area contributed by atoms with Crippen LogP contribution in [-0.2, 0) is 11.3 Å². The molecule has 1 aromatic rings. The van der Waals surface area contributed by atoms with Gasteiger partial charge < -0.3 is 15.2 Å². The Bertz CT molecular complexity index is 338. The van der Waals surface area contributed by atoms with Crippen LogP contribution in [0.4, 0.5) is 13.2 Å². The highest BCUT2D eigenvalue weighted by Gasteiger charge is 2.26. The largest absolute Gasteiger partial charge is 0.491 e. The van der Waals surface area contributed by atoms with Crippen LogP contribution in [0.15, 0.2) is 24.3 Å². The summed E-state index contributed by atoms with van der Waals surface area (Å²) in [6.07, 6.45) is -5.10. The lowest BCUT2D eigenvalue weighted by Gasteiger charge is -2.09. The van der Waals surface area contributed by atoms with Gasteiger partial charge in [0.15, 0.2) is 0 Å². The molecule has 0 heterocycles. The second kappa shape index (κ2) is 7.23. The number of nitrogens with two attached hydrogens (primary N) is 1. The Morgan fingerprint density at radius 2 is 1.67 bits per heavy atom. The summed E-state index contributed by atoms with van der Waals surface area (Å²) in [5.74, 6) is 0.645. The smallest absolute Gasteiger partial charge is 0.391 e. The van der Waals surface area contributed by atoms with Crippen LogP contribution in [-0.4, -0.2) is 26.0 Å². The van der Waals surface area contributed by atoms with Crippen LogP contribution >= 0.6 is 0 Å². The fourth-order valence-electron chi connectivity index (χ4n) is 1.23. The molecule has 2 N–H and O–H groups in total. The molecule has 0 aliphatic carbocycles. The summed E-state index contributed by atoms with van der Waals surface area (Å²) < 4.78 is 45.4. The molecule has 0 spiro atoms. The van der Waals surface area contributed by atoms with Gasteiger partial charge in [-0.1, -0.05) is 12.1 Å². The molecule has 0 fully saturated rings. The van der Waals surface area contributed by atoms with E-state index in [1.807, 2.05) is 12.1 Å². The normalized spacial score (nSPS) is 11.6. The summed E-state index contributed by atoms with van der Waals surface area (Å²) in [6, 6.07) is 7.19. The molecule has 3 nitrogen and oxygen atoms in total. The fraction of sp³-hybridized carbons (Fsp3) is 0.500. The molecule has 0 atom stereocenters. The second-order valence-electron chi connectivity index (χ2n) is 3.67. The van der Waals surface area contributed by atoms with Gasteiger partial charge in [-0.05, 0) is 17.7 Å². The van der Waals surface area contributed by atoms with E-state index in [0.29, 0.717) is 12.3 Å². The van der Waals surface area contributed by atoms with Gasteiger partial charge in [-0.2, -0.15) is 13.2 Å². The van der Waals surface area contributed by atoms with Gasteiger partial charge in [0.1, 0.15) is 12.4 Å². The van der Waals surface area contributed by atoms with E-state index in [4.69, 9.17) is 15.2 Å². The Morgan fingerprint density at radius 1 is 1.00 bits per heavy atom. The first-order valence-electron chi connectivity index (χ1n) is 5.57. The van der Waals surface area contributed by atoms with Gasteiger partial charge >= 0.3 is 6.18 Å². The van der Waals surface area contributed by atoms with Crippen molar-refractivity contribution in [2.45, 2.75) is 19.1 Å². The number of benzene rings is 1. The molecule has 0 amide bonds. The van der Waals surface area contributed by atoms with Crippen LogP contribution in [0.5, 0.6) is 5.75 Å². The van der Waals surface area contributed by atoms with Crippen molar-refractivity contribution in [1.29, 1.82) is 0 Å². The average molecular weight is 263 g/mol. The number of halogens is 3. The van der Waals surface area contributed by atoms with Crippen molar-refractivity contribution in [3.05, 3.63) is 29.8 Å². The predicted octanol–water partition coefficient (Wildman–Crippen LogP) is 2.49. The highest BCUT2D eigenvalue weighted by atomic mass is 19.4. The third-order valence-electron chi connectivity index (χ3n) is 2.19. The number of hydrogen-bond acceptors (Lipinski definition) is 3. The second-order valence-corrected chi connectivity index (χ2v) is 3.67. The Morgan fingerprint density at radius 3 is 2.22 bits per heavy atom. The maximum absolute atomic E-state index is 11.8. The third-order valence-corrected chi connectivity index (χ3v) is 2.19. The van der Waals surface area contributed by atoms with E-state index < -0.39 is 12.6 Å². The highest BCUT2D eigenvalue weighted by Crippen LogP contribution is 2.18. The lowest BCUT2D eigenvalue weighted by molar-refractivity contribution is -0.145. The van der Waals surface area contributed by atoms with Crippen LogP contribution in [0.1, 0.15) is 12.0 Å². The number of hydrogen-bond donors (Lipinski definition) is 1. The van der Waals surface area contributed by atoms with Crippen molar-refractivity contribution in [2.75, 3.05) is 19.8 Å². The van der Waals surface area contributed by atoms with E-state index >= 15 is 0 Å². The van der Waals surface area contributed by atoms with Gasteiger partial charge in [0.2, 0.25) is 0 Å². The summed E-state index contributed by atoms with van der Waals surface area (Å²) in [4.78, 5) is 0. The zero-order chi connectivity index (χ0) is 13.4. The third kappa shape index (κ3) is 6.46. The van der Waals surface area contributed by atoms with Crippen LogP contribution < -0.4 is 10.5 Å². The first kappa shape index (κ1) is 14.8. The van der Waals surface area contributed by atoms with E-state index in [-0.39, 0.29) is 19.8 Å². The van der Waals surface area contributed by atoms with Gasteiger partial charge in [-0.15, -0.1) is 0 Å². The molecule has 0 aliphatic heterocycles. The summed E-state index contributed by atoms with van der Waals surface area (Å²) in [6.45, 7) is 0.481. The Balaban J connectivity index is 2.10. The summed E-state index contributed by atoms with van der Waals surface area (Å²) in [7, 11) is 0.